The Labute approximate surface area is 103 Å². The Morgan fingerprint density at radius 3 is 2.53 bits per heavy atom. The van der Waals surface area contributed by atoms with Gasteiger partial charge in [-0.05, 0) is 32.3 Å². The number of carbonyl (C=O) groups excluding carboxylic acids is 1. The van der Waals surface area contributed by atoms with Gasteiger partial charge in [-0.2, -0.15) is 0 Å². The van der Waals surface area contributed by atoms with Gasteiger partial charge in [0.1, 0.15) is 5.60 Å². The van der Waals surface area contributed by atoms with E-state index >= 15 is 0 Å². The molecule has 0 atom stereocenters. The number of benzene rings is 1. The molecule has 0 saturated heterocycles. The van der Waals surface area contributed by atoms with Crippen molar-refractivity contribution in [2.24, 2.45) is 0 Å². The topological polar surface area (TPSA) is 38.3 Å². The number of amides is 1. The van der Waals surface area contributed by atoms with Crippen LogP contribution >= 0.6 is 0 Å². The van der Waals surface area contributed by atoms with Crippen molar-refractivity contribution in [1.29, 1.82) is 0 Å². The highest BCUT2D eigenvalue weighted by molar-refractivity contribution is 5.84. The average molecular weight is 235 g/mol. The monoisotopic (exact) mass is 235 g/mol. The molecule has 3 nitrogen and oxygen atoms in total. The Bertz CT molecular complexity index is 346. The highest BCUT2D eigenvalue weighted by Crippen LogP contribution is 2.07. The van der Waals surface area contributed by atoms with Crippen LogP contribution in [0.5, 0.6) is 0 Å². The van der Waals surface area contributed by atoms with Crippen molar-refractivity contribution in [2.45, 2.75) is 32.3 Å². The van der Waals surface area contributed by atoms with Gasteiger partial charge in [0.25, 0.3) is 5.91 Å². The zero-order valence-electron chi connectivity index (χ0n) is 10.8. The first kappa shape index (κ1) is 13.7. The van der Waals surface area contributed by atoms with Crippen LogP contribution in [0.4, 0.5) is 0 Å². The maximum Gasteiger partial charge on any atom is 0.251 e. The number of rotatable bonds is 6. The van der Waals surface area contributed by atoms with Gasteiger partial charge < -0.3 is 10.1 Å². The van der Waals surface area contributed by atoms with Crippen molar-refractivity contribution in [2.75, 3.05) is 13.7 Å². The van der Waals surface area contributed by atoms with E-state index in [4.69, 9.17) is 4.74 Å². The third-order valence-corrected chi connectivity index (χ3v) is 2.83. The summed E-state index contributed by atoms with van der Waals surface area (Å²) in [5, 5.41) is 2.88. The molecule has 0 heterocycles. The summed E-state index contributed by atoms with van der Waals surface area (Å²) >= 11 is 0. The molecule has 0 bridgehead atoms. The molecule has 0 aliphatic carbocycles. The molecular formula is C14H21NO2. The molecule has 0 unspecified atom stereocenters. The molecule has 17 heavy (non-hydrogen) atoms. The maximum atomic E-state index is 11.7. The summed E-state index contributed by atoms with van der Waals surface area (Å²) in [5.74, 6) is -0.0620. The van der Waals surface area contributed by atoms with Gasteiger partial charge in [-0.15, -0.1) is 0 Å². The van der Waals surface area contributed by atoms with Gasteiger partial charge >= 0.3 is 0 Å². The lowest BCUT2D eigenvalue weighted by Crippen LogP contribution is -2.43. The van der Waals surface area contributed by atoms with E-state index in [0.717, 1.165) is 12.8 Å². The molecule has 0 spiro atoms. The first-order valence-corrected chi connectivity index (χ1v) is 5.93. The molecular weight excluding hydrogens is 214 g/mol. The van der Waals surface area contributed by atoms with E-state index in [9.17, 15) is 4.79 Å². The quantitative estimate of drug-likeness (QED) is 0.767. The molecule has 1 N–H and O–H groups in total. The Hall–Kier alpha value is -1.35. The molecule has 0 saturated carbocycles. The van der Waals surface area contributed by atoms with E-state index in [0.29, 0.717) is 6.54 Å². The predicted octanol–water partition coefficient (Wildman–Crippen LogP) is 2.16. The number of methoxy groups -OCH3 is 1. The number of aryl methyl sites for hydroxylation is 1. The molecule has 1 aromatic carbocycles. The second-order valence-electron chi connectivity index (χ2n) is 4.56. The molecule has 0 aromatic heterocycles. The van der Waals surface area contributed by atoms with Crippen LogP contribution in [0.2, 0.25) is 0 Å². The van der Waals surface area contributed by atoms with E-state index in [2.05, 4.69) is 17.4 Å². The van der Waals surface area contributed by atoms with Crippen LogP contribution in [0.15, 0.2) is 30.3 Å². The number of carbonyl (C=O) groups is 1. The SMILES string of the molecule is COC(C)(C)C(=O)NCCCc1ccccc1. The molecule has 0 aliphatic heterocycles. The van der Waals surface area contributed by atoms with E-state index in [-0.39, 0.29) is 5.91 Å². The lowest BCUT2D eigenvalue weighted by Gasteiger charge is -2.21. The van der Waals surface area contributed by atoms with Gasteiger partial charge in [0.2, 0.25) is 0 Å². The van der Waals surface area contributed by atoms with Crippen LogP contribution in [-0.2, 0) is 16.0 Å². The van der Waals surface area contributed by atoms with E-state index in [1.807, 2.05) is 18.2 Å². The largest absolute Gasteiger partial charge is 0.369 e. The van der Waals surface area contributed by atoms with Gasteiger partial charge in [-0.25, -0.2) is 0 Å². The number of hydrogen-bond donors (Lipinski definition) is 1. The first-order valence-electron chi connectivity index (χ1n) is 5.93. The van der Waals surface area contributed by atoms with Crippen molar-refractivity contribution in [3.8, 4) is 0 Å². The zero-order chi connectivity index (χ0) is 12.7. The van der Waals surface area contributed by atoms with Crippen LogP contribution in [0.1, 0.15) is 25.8 Å². The predicted molar refractivity (Wildman–Crippen MR) is 68.9 cm³/mol. The standard InChI is InChI=1S/C14H21NO2/c1-14(2,17-3)13(16)15-11-7-10-12-8-5-4-6-9-12/h4-6,8-9H,7,10-11H2,1-3H3,(H,15,16). The Kier molecular flexibility index (Phi) is 5.16. The fraction of sp³-hybridized carbons (Fsp3) is 0.500. The molecule has 1 rings (SSSR count). The molecule has 1 aromatic rings. The van der Waals surface area contributed by atoms with Gasteiger partial charge in [-0.1, -0.05) is 30.3 Å². The van der Waals surface area contributed by atoms with Crippen molar-refractivity contribution >= 4 is 5.91 Å². The van der Waals surface area contributed by atoms with Crippen LogP contribution in [0.25, 0.3) is 0 Å². The average Bonchev–Trinajstić information content (AvgIpc) is 2.35. The summed E-state index contributed by atoms with van der Waals surface area (Å²) in [7, 11) is 1.55. The summed E-state index contributed by atoms with van der Waals surface area (Å²) in [4.78, 5) is 11.7. The van der Waals surface area contributed by atoms with Crippen LogP contribution in [-0.4, -0.2) is 25.2 Å². The fourth-order valence-electron chi connectivity index (χ4n) is 1.44. The number of ether oxygens (including phenoxy) is 1. The van der Waals surface area contributed by atoms with Crippen LogP contribution < -0.4 is 5.32 Å². The van der Waals surface area contributed by atoms with Crippen molar-refractivity contribution in [3.63, 3.8) is 0 Å². The van der Waals surface area contributed by atoms with Gasteiger partial charge in [0, 0.05) is 13.7 Å². The van der Waals surface area contributed by atoms with E-state index in [1.165, 1.54) is 5.56 Å². The number of hydrogen-bond acceptors (Lipinski definition) is 2. The van der Waals surface area contributed by atoms with Gasteiger partial charge in [0.15, 0.2) is 0 Å². The lowest BCUT2D eigenvalue weighted by molar-refractivity contribution is -0.139. The highest BCUT2D eigenvalue weighted by Gasteiger charge is 2.26. The highest BCUT2D eigenvalue weighted by atomic mass is 16.5. The molecule has 0 fully saturated rings. The van der Waals surface area contributed by atoms with Crippen LogP contribution in [0, 0.1) is 0 Å². The van der Waals surface area contributed by atoms with Crippen molar-refractivity contribution in [1.82, 2.24) is 5.32 Å². The third-order valence-electron chi connectivity index (χ3n) is 2.83. The second kappa shape index (κ2) is 6.40. The first-order chi connectivity index (χ1) is 8.06. The summed E-state index contributed by atoms with van der Waals surface area (Å²) in [6, 6.07) is 10.3. The third kappa shape index (κ3) is 4.57. The minimum atomic E-state index is -0.743. The zero-order valence-corrected chi connectivity index (χ0v) is 10.8. The summed E-state index contributed by atoms with van der Waals surface area (Å²) in [6.45, 7) is 4.21. The summed E-state index contributed by atoms with van der Waals surface area (Å²) < 4.78 is 5.10. The molecule has 0 aliphatic rings. The molecule has 0 radical (unpaired) electrons. The summed E-state index contributed by atoms with van der Waals surface area (Å²) in [6.07, 6.45) is 1.92. The molecule has 3 heteroatoms. The Morgan fingerprint density at radius 1 is 1.29 bits per heavy atom. The second-order valence-corrected chi connectivity index (χ2v) is 4.56. The Balaban J connectivity index is 2.23. The smallest absolute Gasteiger partial charge is 0.251 e. The summed E-state index contributed by atoms with van der Waals surface area (Å²) in [5.41, 5.74) is 0.556. The van der Waals surface area contributed by atoms with Gasteiger partial charge in [0.05, 0.1) is 0 Å². The fourth-order valence-corrected chi connectivity index (χ4v) is 1.44. The number of nitrogens with one attached hydrogen (secondary N) is 1. The van der Waals surface area contributed by atoms with E-state index < -0.39 is 5.60 Å². The van der Waals surface area contributed by atoms with Crippen molar-refractivity contribution < 1.29 is 9.53 Å². The van der Waals surface area contributed by atoms with Gasteiger partial charge in [-0.3, -0.25) is 4.79 Å². The van der Waals surface area contributed by atoms with Crippen molar-refractivity contribution in [3.05, 3.63) is 35.9 Å². The minimum Gasteiger partial charge on any atom is -0.369 e. The molecule has 1 amide bonds. The Morgan fingerprint density at radius 2 is 1.94 bits per heavy atom. The maximum absolute atomic E-state index is 11.7. The van der Waals surface area contributed by atoms with E-state index in [1.54, 1.807) is 21.0 Å². The minimum absolute atomic E-state index is 0.0620. The van der Waals surface area contributed by atoms with Crippen LogP contribution in [0.3, 0.4) is 0 Å². The normalized spacial score (nSPS) is 11.2. The molecule has 94 valence electrons. The lowest BCUT2D eigenvalue weighted by atomic mass is 10.1.